The fourth-order valence-corrected chi connectivity index (χ4v) is 2.51. The number of nitrogens with one attached hydrogen (secondary N) is 2. The molecular weight excluding hydrogens is 290 g/mol. The highest BCUT2D eigenvalue weighted by molar-refractivity contribution is 5.93. The largest absolute Gasteiger partial charge is 0.351 e. The lowest BCUT2D eigenvalue weighted by atomic mass is 10.1. The van der Waals surface area contributed by atoms with Crippen molar-refractivity contribution in [1.29, 1.82) is 0 Å². The maximum Gasteiger partial charge on any atom is 0.273 e. The molecule has 0 aliphatic carbocycles. The fourth-order valence-electron chi connectivity index (χ4n) is 2.51. The van der Waals surface area contributed by atoms with Crippen LogP contribution in [0.4, 0.5) is 0 Å². The van der Waals surface area contributed by atoms with E-state index in [1.54, 1.807) is 0 Å². The molecule has 1 fully saturated rings. The first-order valence-corrected chi connectivity index (χ1v) is 7.50. The molecule has 120 valence electrons. The second-order valence-corrected chi connectivity index (χ2v) is 5.89. The van der Waals surface area contributed by atoms with Gasteiger partial charge in [0.25, 0.3) is 5.91 Å². The number of carbonyl (C=O) groups excluding carboxylic acids is 1. The van der Waals surface area contributed by atoms with Crippen molar-refractivity contribution in [3.05, 3.63) is 11.4 Å². The fraction of sp³-hybridized carbons (Fsp3) is 0.786. The maximum atomic E-state index is 12.1. The molecule has 2 rings (SSSR count). The zero-order chi connectivity index (χ0) is 14.5. The Morgan fingerprint density at radius 2 is 2.10 bits per heavy atom. The Balaban J connectivity index is 0.00000220. The van der Waals surface area contributed by atoms with Crippen LogP contribution >= 0.6 is 12.4 Å². The SMILES string of the molecule is Cc1c(C(=O)NCCC(C)C)nnn1C1CCNCC1.Cl. The minimum atomic E-state index is -0.108. The van der Waals surface area contributed by atoms with Crippen molar-refractivity contribution < 1.29 is 4.79 Å². The van der Waals surface area contributed by atoms with E-state index >= 15 is 0 Å². The van der Waals surface area contributed by atoms with Crippen molar-refractivity contribution in [3.8, 4) is 0 Å². The predicted molar refractivity (Wildman–Crippen MR) is 84.9 cm³/mol. The van der Waals surface area contributed by atoms with Crippen molar-refractivity contribution in [3.63, 3.8) is 0 Å². The van der Waals surface area contributed by atoms with Gasteiger partial charge in [-0.15, -0.1) is 17.5 Å². The van der Waals surface area contributed by atoms with Crippen molar-refractivity contribution in [1.82, 2.24) is 25.6 Å². The number of nitrogens with zero attached hydrogens (tertiary/aromatic N) is 3. The summed E-state index contributed by atoms with van der Waals surface area (Å²) in [6.45, 7) is 8.91. The molecular formula is C14H26ClN5O. The van der Waals surface area contributed by atoms with Crippen LogP contribution in [0.1, 0.15) is 55.3 Å². The van der Waals surface area contributed by atoms with Crippen molar-refractivity contribution >= 4 is 18.3 Å². The average Bonchev–Trinajstić information content (AvgIpc) is 2.81. The maximum absolute atomic E-state index is 12.1. The van der Waals surface area contributed by atoms with E-state index in [2.05, 4.69) is 34.8 Å². The molecule has 0 unspecified atom stereocenters. The van der Waals surface area contributed by atoms with Crippen LogP contribution in [0.2, 0.25) is 0 Å². The van der Waals surface area contributed by atoms with Crippen molar-refractivity contribution in [2.75, 3.05) is 19.6 Å². The van der Waals surface area contributed by atoms with E-state index in [9.17, 15) is 4.79 Å². The number of hydrogen-bond acceptors (Lipinski definition) is 4. The number of hydrogen-bond donors (Lipinski definition) is 2. The Hall–Kier alpha value is -1.14. The Bertz CT molecular complexity index is 454. The van der Waals surface area contributed by atoms with Crippen LogP contribution in [0.25, 0.3) is 0 Å². The van der Waals surface area contributed by atoms with E-state index in [0.29, 0.717) is 24.2 Å². The summed E-state index contributed by atoms with van der Waals surface area (Å²) < 4.78 is 1.91. The predicted octanol–water partition coefficient (Wildman–Crippen LogP) is 1.71. The van der Waals surface area contributed by atoms with Gasteiger partial charge in [-0.1, -0.05) is 19.1 Å². The molecule has 6 nitrogen and oxygen atoms in total. The van der Waals surface area contributed by atoms with Gasteiger partial charge < -0.3 is 10.6 Å². The minimum absolute atomic E-state index is 0. The van der Waals surface area contributed by atoms with E-state index in [1.807, 2.05) is 11.6 Å². The van der Waals surface area contributed by atoms with Gasteiger partial charge in [-0.05, 0) is 45.2 Å². The molecule has 1 aliphatic rings. The molecule has 1 aromatic heterocycles. The summed E-state index contributed by atoms with van der Waals surface area (Å²) in [5.41, 5.74) is 1.34. The van der Waals surface area contributed by atoms with Gasteiger partial charge >= 0.3 is 0 Å². The third-order valence-electron chi connectivity index (χ3n) is 3.80. The molecule has 1 amide bonds. The van der Waals surface area contributed by atoms with Crippen molar-refractivity contribution in [2.24, 2.45) is 5.92 Å². The van der Waals surface area contributed by atoms with Gasteiger partial charge in [0.15, 0.2) is 5.69 Å². The Kier molecular flexibility index (Phi) is 7.11. The second-order valence-electron chi connectivity index (χ2n) is 5.89. The molecule has 2 heterocycles. The van der Waals surface area contributed by atoms with Gasteiger partial charge in [0.1, 0.15) is 0 Å². The number of carbonyl (C=O) groups is 1. The van der Waals surface area contributed by atoms with Crippen LogP contribution in [-0.2, 0) is 0 Å². The first-order chi connectivity index (χ1) is 9.59. The molecule has 0 atom stereocenters. The van der Waals surface area contributed by atoms with Crippen molar-refractivity contribution in [2.45, 2.75) is 46.1 Å². The summed E-state index contributed by atoms with van der Waals surface area (Å²) in [5.74, 6) is 0.477. The van der Waals surface area contributed by atoms with E-state index in [0.717, 1.165) is 38.0 Å². The number of halogens is 1. The summed E-state index contributed by atoms with van der Waals surface area (Å²) in [6, 6.07) is 0.362. The molecule has 0 radical (unpaired) electrons. The van der Waals surface area contributed by atoms with Crippen LogP contribution in [0, 0.1) is 12.8 Å². The lowest BCUT2D eigenvalue weighted by Crippen LogP contribution is -2.30. The van der Waals surface area contributed by atoms with Gasteiger partial charge in [0.2, 0.25) is 0 Å². The highest BCUT2D eigenvalue weighted by Crippen LogP contribution is 2.20. The topological polar surface area (TPSA) is 71.8 Å². The van der Waals surface area contributed by atoms with Crippen LogP contribution in [0.15, 0.2) is 0 Å². The first-order valence-electron chi connectivity index (χ1n) is 7.50. The molecule has 7 heteroatoms. The molecule has 21 heavy (non-hydrogen) atoms. The molecule has 0 bridgehead atoms. The molecule has 1 aliphatic heterocycles. The number of rotatable bonds is 5. The standard InChI is InChI=1S/C14H25N5O.ClH/c1-10(2)4-9-16-14(20)13-11(3)19(18-17-13)12-5-7-15-8-6-12;/h10,12,15H,4-9H2,1-3H3,(H,16,20);1H. The highest BCUT2D eigenvalue weighted by Gasteiger charge is 2.22. The number of aromatic nitrogens is 3. The average molecular weight is 316 g/mol. The molecule has 1 saturated heterocycles. The Labute approximate surface area is 132 Å². The zero-order valence-electron chi connectivity index (χ0n) is 13.1. The lowest BCUT2D eigenvalue weighted by Gasteiger charge is -2.23. The monoisotopic (exact) mass is 315 g/mol. The molecule has 0 spiro atoms. The normalized spacial score (nSPS) is 15.8. The van der Waals surface area contributed by atoms with Crippen LogP contribution in [-0.4, -0.2) is 40.5 Å². The number of amides is 1. The first kappa shape index (κ1) is 17.9. The summed E-state index contributed by atoms with van der Waals surface area (Å²) in [4.78, 5) is 12.1. The van der Waals surface area contributed by atoms with Gasteiger partial charge in [-0.25, -0.2) is 4.68 Å². The summed E-state index contributed by atoms with van der Waals surface area (Å²) in [7, 11) is 0. The highest BCUT2D eigenvalue weighted by atomic mass is 35.5. The van der Waals surface area contributed by atoms with E-state index < -0.39 is 0 Å². The van der Waals surface area contributed by atoms with Gasteiger partial charge in [-0.2, -0.15) is 0 Å². The van der Waals surface area contributed by atoms with E-state index in [4.69, 9.17) is 0 Å². The van der Waals surface area contributed by atoms with Crippen LogP contribution in [0.3, 0.4) is 0 Å². The quantitative estimate of drug-likeness (QED) is 0.867. The van der Waals surface area contributed by atoms with Crippen LogP contribution < -0.4 is 10.6 Å². The lowest BCUT2D eigenvalue weighted by molar-refractivity contribution is 0.0946. The van der Waals surface area contributed by atoms with E-state index in [-0.39, 0.29) is 18.3 Å². The zero-order valence-corrected chi connectivity index (χ0v) is 13.9. The smallest absolute Gasteiger partial charge is 0.273 e. The summed E-state index contributed by atoms with van der Waals surface area (Å²) in [6.07, 6.45) is 3.06. The minimum Gasteiger partial charge on any atom is -0.351 e. The summed E-state index contributed by atoms with van der Waals surface area (Å²) in [5, 5.41) is 14.5. The third kappa shape index (κ3) is 4.68. The third-order valence-corrected chi connectivity index (χ3v) is 3.80. The molecule has 2 N–H and O–H groups in total. The van der Waals surface area contributed by atoms with Gasteiger partial charge in [0, 0.05) is 6.54 Å². The van der Waals surface area contributed by atoms with E-state index in [1.165, 1.54) is 0 Å². The van der Waals surface area contributed by atoms with Gasteiger partial charge in [0.05, 0.1) is 11.7 Å². The molecule has 0 saturated carbocycles. The van der Waals surface area contributed by atoms with Crippen LogP contribution in [0.5, 0.6) is 0 Å². The second kappa shape index (κ2) is 8.34. The number of piperidine rings is 1. The molecule has 1 aromatic rings. The molecule has 0 aromatic carbocycles. The van der Waals surface area contributed by atoms with Gasteiger partial charge in [-0.3, -0.25) is 4.79 Å². The summed E-state index contributed by atoms with van der Waals surface area (Å²) >= 11 is 0. The Morgan fingerprint density at radius 1 is 1.43 bits per heavy atom. The Morgan fingerprint density at radius 3 is 2.71 bits per heavy atom.